The summed E-state index contributed by atoms with van der Waals surface area (Å²) in [4.78, 5) is 27.7. The monoisotopic (exact) mass is 498 g/mol. The zero-order chi connectivity index (χ0) is 23.8. The highest BCUT2D eigenvalue weighted by molar-refractivity contribution is 6.36. The molecule has 2 aromatic rings. The minimum absolute atomic E-state index is 0.00862. The molecule has 0 aromatic heterocycles. The van der Waals surface area contributed by atoms with Gasteiger partial charge in [-0.15, -0.1) is 0 Å². The number of nitrogens with zero attached hydrogens (tertiary/aromatic N) is 1. The molecule has 32 heavy (non-hydrogen) atoms. The van der Waals surface area contributed by atoms with Gasteiger partial charge in [0, 0.05) is 33.2 Å². The summed E-state index contributed by atoms with van der Waals surface area (Å²) < 4.78 is 5.71. The van der Waals surface area contributed by atoms with Crippen molar-refractivity contribution in [3.8, 4) is 5.75 Å². The summed E-state index contributed by atoms with van der Waals surface area (Å²) in [5.74, 6) is -0.0477. The Morgan fingerprint density at radius 1 is 1.03 bits per heavy atom. The van der Waals surface area contributed by atoms with Gasteiger partial charge in [0.2, 0.25) is 5.91 Å². The van der Waals surface area contributed by atoms with E-state index in [2.05, 4.69) is 5.32 Å². The van der Waals surface area contributed by atoms with Crippen molar-refractivity contribution < 1.29 is 14.3 Å². The second kappa shape index (κ2) is 12.3. The summed E-state index contributed by atoms with van der Waals surface area (Å²) in [6.45, 7) is 7.48. The van der Waals surface area contributed by atoms with Crippen LogP contribution in [0.3, 0.4) is 0 Å². The van der Waals surface area contributed by atoms with Gasteiger partial charge in [-0.3, -0.25) is 9.59 Å². The van der Waals surface area contributed by atoms with Crippen LogP contribution in [-0.2, 0) is 16.1 Å². The average Bonchev–Trinajstić information content (AvgIpc) is 2.76. The van der Waals surface area contributed by atoms with Crippen LogP contribution in [0.15, 0.2) is 36.4 Å². The molecule has 174 valence electrons. The molecule has 5 nitrogen and oxygen atoms in total. The number of rotatable bonds is 10. The van der Waals surface area contributed by atoms with Crippen molar-refractivity contribution in [2.24, 2.45) is 0 Å². The number of aryl methyl sites for hydroxylation is 1. The minimum atomic E-state index is -0.695. The number of ether oxygens (including phenoxy) is 1. The normalized spacial score (nSPS) is 12.7. The third-order valence-electron chi connectivity index (χ3n) is 5.27. The summed E-state index contributed by atoms with van der Waals surface area (Å²) >= 11 is 18.8. The number of amides is 2. The number of benzene rings is 2. The van der Waals surface area contributed by atoms with E-state index in [1.807, 2.05) is 27.7 Å². The van der Waals surface area contributed by atoms with E-state index >= 15 is 0 Å². The lowest BCUT2D eigenvalue weighted by molar-refractivity contribution is -0.143. The van der Waals surface area contributed by atoms with Gasteiger partial charge in [-0.25, -0.2) is 0 Å². The zero-order valence-corrected chi connectivity index (χ0v) is 21.0. The summed E-state index contributed by atoms with van der Waals surface area (Å²) in [5, 5.41) is 4.45. The molecule has 0 saturated carbocycles. The van der Waals surface area contributed by atoms with Crippen molar-refractivity contribution in [2.75, 3.05) is 6.61 Å². The van der Waals surface area contributed by atoms with Gasteiger partial charge in [0.25, 0.3) is 5.91 Å². The van der Waals surface area contributed by atoms with Crippen molar-refractivity contribution in [3.05, 3.63) is 62.6 Å². The average molecular weight is 500 g/mol. The highest BCUT2D eigenvalue weighted by atomic mass is 35.5. The fourth-order valence-corrected chi connectivity index (χ4v) is 3.78. The number of hydrogen-bond donors (Lipinski definition) is 1. The van der Waals surface area contributed by atoms with Crippen LogP contribution in [0.2, 0.25) is 15.1 Å². The third-order valence-corrected chi connectivity index (χ3v) is 6.40. The van der Waals surface area contributed by atoms with E-state index in [0.29, 0.717) is 32.8 Å². The Kier molecular flexibility index (Phi) is 10.1. The van der Waals surface area contributed by atoms with Crippen LogP contribution < -0.4 is 10.1 Å². The molecule has 0 radical (unpaired) electrons. The predicted octanol–water partition coefficient (Wildman–Crippen LogP) is 6.06. The number of carbonyl (C=O) groups excluding carboxylic acids is 2. The first-order chi connectivity index (χ1) is 15.2. The maximum Gasteiger partial charge on any atom is 0.261 e. The van der Waals surface area contributed by atoms with Gasteiger partial charge in [0.1, 0.15) is 11.8 Å². The third kappa shape index (κ3) is 7.03. The standard InChI is InChI=1S/C24H29Cl3N2O3/c1-5-16(4)28-24(31)22(6-2)29(13-18-20(26)8-7-9-21(18)27)23(30)14-32-17-10-11-19(25)15(3)12-17/h7-12,16,22H,5-6,13-14H2,1-4H3,(H,28,31). The number of hydrogen-bond acceptors (Lipinski definition) is 3. The van der Waals surface area contributed by atoms with Crippen LogP contribution in [0.5, 0.6) is 5.75 Å². The van der Waals surface area contributed by atoms with E-state index in [0.717, 1.165) is 12.0 Å². The Morgan fingerprint density at radius 3 is 2.25 bits per heavy atom. The Morgan fingerprint density at radius 2 is 1.69 bits per heavy atom. The van der Waals surface area contributed by atoms with Gasteiger partial charge in [-0.05, 0) is 62.6 Å². The van der Waals surface area contributed by atoms with E-state index in [4.69, 9.17) is 39.5 Å². The van der Waals surface area contributed by atoms with Gasteiger partial charge in [0.05, 0.1) is 0 Å². The second-order valence-electron chi connectivity index (χ2n) is 7.66. The first kappa shape index (κ1) is 26.3. The lowest BCUT2D eigenvalue weighted by Crippen LogP contribution is -2.51. The molecule has 2 aromatic carbocycles. The molecule has 0 saturated heterocycles. The van der Waals surface area contributed by atoms with Crippen molar-refractivity contribution in [3.63, 3.8) is 0 Å². The number of halogens is 3. The van der Waals surface area contributed by atoms with E-state index in [9.17, 15) is 9.59 Å². The molecule has 0 bridgehead atoms. The van der Waals surface area contributed by atoms with Gasteiger partial charge >= 0.3 is 0 Å². The molecule has 0 spiro atoms. The molecule has 8 heteroatoms. The fraction of sp³-hybridized carbons (Fsp3) is 0.417. The van der Waals surface area contributed by atoms with Crippen molar-refractivity contribution >= 4 is 46.6 Å². The maximum absolute atomic E-state index is 13.3. The molecule has 2 amide bonds. The van der Waals surface area contributed by atoms with Crippen LogP contribution in [0.1, 0.15) is 44.7 Å². The Labute approximate surface area is 205 Å². The lowest BCUT2D eigenvalue weighted by Gasteiger charge is -2.32. The van der Waals surface area contributed by atoms with Crippen LogP contribution in [-0.4, -0.2) is 35.4 Å². The van der Waals surface area contributed by atoms with E-state index in [1.54, 1.807) is 36.4 Å². The summed E-state index contributed by atoms with van der Waals surface area (Å²) in [7, 11) is 0. The van der Waals surface area contributed by atoms with Crippen LogP contribution in [0, 0.1) is 6.92 Å². The Balaban J connectivity index is 2.29. The molecule has 0 aliphatic carbocycles. The Hall–Kier alpha value is -1.95. The zero-order valence-electron chi connectivity index (χ0n) is 18.8. The molecule has 0 aliphatic rings. The first-order valence-corrected chi connectivity index (χ1v) is 11.7. The topological polar surface area (TPSA) is 58.6 Å². The van der Waals surface area contributed by atoms with Gasteiger partial charge in [-0.2, -0.15) is 0 Å². The predicted molar refractivity (Wildman–Crippen MR) is 131 cm³/mol. The molecular weight excluding hydrogens is 471 g/mol. The van der Waals surface area contributed by atoms with Crippen molar-refractivity contribution in [1.29, 1.82) is 0 Å². The molecule has 2 rings (SSSR count). The van der Waals surface area contributed by atoms with Crippen LogP contribution in [0.4, 0.5) is 0 Å². The highest BCUT2D eigenvalue weighted by Crippen LogP contribution is 2.27. The summed E-state index contributed by atoms with van der Waals surface area (Å²) in [5.41, 5.74) is 1.43. The summed E-state index contributed by atoms with van der Waals surface area (Å²) in [6.07, 6.45) is 1.21. The largest absolute Gasteiger partial charge is 0.484 e. The fourth-order valence-electron chi connectivity index (χ4n) is 3.15. The lowest BCUT2D eigenvalue weighted by atomic mass is 10.1. The van der Waals surface area contributed by atoms with Gasteiger partial charge in [0.15, 0.2) is 6.61 Å². The highest BCUT2D eigenvalue weighted by Gasteiger charge is 2.30. The Bertz CT molecular complexity index is 932. The first-order valence-electron chi connectivity index (χ1n) is 10.6. The van der Waals surface area contributed by atoms with E-state index in [1.165, 1.54) is 4.90 Å². The minimum Gasteiger partial charge on any atom is -0.484 e. The smallest absolute Gasteiger partial charge is 0.261 e. The molecule has 0 heterocycles. The molecule has 1 N–H and O–H groups in total. The maximum atomic E-state index is 13.3. The summed E-state index contributed by atoms with van der Waals surface area (Å²) in [6, 6.07) is 9.62. The molecule has 0 aliphatic heterocycles. The van der Waals surface area contributed by atoms with Crippen molar-refractivity contribution in [1.82, 2.24) is 10.2 Å². The van der Waals surface area contributed by atoms with Crippen LogP contribution in [0.25, 0.3) is 0 Å². The second-order valence-corrected chi connectivity index (χ2v) is 8.89. The van der Waals surface area contributed by atoms with E-state index in [-0.39, 0.29) is 31.0 Å². The van der Waals surface area contributed by atoms with Gasteiger partial charge < -0.3 is 15.0 Å². The number of nitrogens with one attached hydrogen (secondary N) is 1. The molecule has 0 fully saturated rings. The SMILES string of the molecule is CCC(C)NC(=O)C(CC)N(Cc1c(Cl)cccc1Cl)C(=O)COc1ccc(Cl)c(C)c1. The van der Waals surface area contributed by atoms with Crippen LogP contribution >= 0.6 is 34.8 Å². The van der Waals surface area contributed by atoms with E-state index < -0.39 is 6.04 Å². The number of carbonyl (C=O) groups is 2. The quantitative estimate of drug-likeness (QED) is 0.432. The van der Waals surface area contributed by atoms with Crippen molar-refractivity contribution in [2.45, 2.75) is 59.2 Å². The molecule has 2 atom stereocenters. The molecule has 2 unspecified atom stereocenters. The van der Waals surface area contributed by atoms with Gasteiger partial charge in [-0.1, -0.05) is 54.7 Å². The molecular formula is C24H29Cl3N2O3.